The highest BCUT2D eigenvalue weighted by Gasteiger charge is 2.13. The van der Waals surface area contributed by atoms with Crippen molar-refractivity contribution < 1.29 is 13.2 Å². The fourth-order valence-corrected chi connectivity index (χ4v) is 1.93. The number of carbonyl (C=O) groups excluding carboxylic acids is 1. The van der Waals surface area contributed by atoms with E-state index in [1.165, 1.54) is 0 Å². The first-order valence-corrected chi connectivity index (χ1v) is 7.68. The molecule has 1 amide bonds. The summed E-state index contributed by atoms with van der Waals surface area (Å²) in [5, 5.41) is 7.27. The van der Waals surface area contributed by atoms with Crippen molar-refractivity contribution in [2.45, 2.75) is 18.9 Å². The number of hydrogen-bond donors (Lipinski definition) is 3. The summed E-state index contributed by atoms with van der Waals surface area (Å²) >= 11 is 0. The van der Waals surface area contributed by atoms with Gasteiger partial charge in [-0.2, -0.15) is 0 Å². The van der Waals surface area contributed by atoms with Gasteiger partial charge in [0.25, 0.3) is 0 Å². The molecule has 0 aliphatic heterocycles. The lowest BCUT2D eigenvalue weighted by atomic mass is 10.1. The van der Waals surface area contributed by atoms with E-state index in [1.807, 2.05) is 30.3 Å². The molecule has 1 atom stereocenters. The van der Waals surface area contributed by atoms with Crippen molar-refractivity contribution in [2.75, 3.05) is 12.3 Å². The van der Waals surface area contributed by atoms with Crippen LogP contribution in [0.5, 0.6) is 0 Å². The molecule has 106 valence electrons. The molecule has 0 bridgehead atoms. The maximum absolute atomic E-state index is 11.6. The Labute approximate surface area is 113 Å². The van der Waals surface area contributed by atoms with Gasteiger partial charge in [-0.3, -0.25) is 4.79 Å². The number of rotatable bonds is 7. The molecule has 0 saturated heterocycles. The number of nitrogens with two attached hydrogens (primary N) is 2. The van der Waals surface area contributed by atoms with Gasteiger partial charge in [0.05, 0.1) is 11.8 Å². The molecule has 6 nitrogen and oxygen atoms in total. The van der Waals surface area contributed by atoms with E-state index in [0.717, 1.165) is 5.56 Å². The third kappa shape index (κ3) is 6.90. The summed E-state index contributed by atoms with van der Waals surface area (Å²) in [6, 6.07) is 9.04. The lowest BCUT2D eigenvalue weighted by molar-refractivity contribution is -0.122. The minimum Gasteiger partial charge on any atom is -0.354 e. The fraction of sp³-hybridized carbons (Fsp3) is 0.417. The number of aryl methyl sites for hydroxylation is 1. The number of benzene rings is 1. The van der Waals surface area contributed by atoms with Gasteiger partial charge in [0, 0.05) is 6.54 Å². The van der Waals surface area contributed by atoms with Gasteiger partial charge in [-0.25, -0.2) is 13.6 Å². The average Bonchev–Trinajstić information content (AvgIpc) is 2.35. The van der Waals surface area contributed by atoms with Gasteiger partial charge < -0.3 is 11.1 Å². The van der Waals surface area contributed by atoms with Crippen molar-refractivity contribution in [3.8, 4) is 0 Å². The van der Waals surface area contributed by atoms with Gasteiger partial charge in [0.1, 0.15) is 0 Å². The van der Waals surface area contributed by atoms with E-state index in [-0.39, 0.29) is 18.2 Å². The molecule has 0 spiro atoms. The Morgan fingerprint density at radius 3 is 2.47 bits per heavy atom. The van der Waals surface area contributed by atoms with Crippen LogP contribution in [0.4, 0.5) is 0 Å². The number of hydrogen-bond acceptors (Lipinski definition) is 4. The van der Waals surface area contributed by atoms with Gasteiger partial charge in [-0.15, -0.1) is 0 Å². The van der Waals surface area contributed by atoms with E-state index in [9.17, 15) is 13.2 Å². The molecular formula is C12H19N3O3S. The molecule has 1 aromatic rings. The highest BCUT2D eigenvalue weighted by Crippen LogP contribution is 2.03. The minimum absolute atomic E-state index is 0.0172. The monoisotopic (exact) mass is 285 g/mol. The smallest absolute Gasteiger partial charge is 0.236 e. The van der Waals surface area contributed by atoms with Gasteiger partial charge in [0.2, 0.25) is 15.9 Å². The van der Waals surface area contributed by atoms with Gasteiger partial charge in [0.15, 0.2) is 0 Å². The summed E-state index contributed by atoms with van der Waals surface area (Å²) in [7, 11) is -3.56. The number of primary sulfonamides is 1. The molecule has 0 aliphatic carbocycles. The molecule has 1 unspecified atom stereocenters. The highest BCUT2D eigenvalue weighted by molar-refractivity contribution is 7.89. The number of carbonyl (C=O) groups is 1. The predicted molar refractivity (Wildman–Crippen MR) is 73.7 cm³/mol. The summed E-state index contributed by atoms with van der Waals surface area (Å²) in [6.07, 6.45) is 1.20. The Hall–Kier alpha value is -1.44. The molecular weight excluding hydrogens is 266 g/mol. The van der Waals surface area contributed by atoms with Crippen LogP contribution in [0.2, 0.25) is 0 Å². The molecule has 7 heteroatoms. The maximum atomic E-state index is 11.6. The first-order valence-electron chi connectivity index (χ1n) is 5.96. The van der Waals surface area contributed by atoms with Crippen molar-refractivity contribution >= 4 is 15.9 Å². The summed E-state index contributed by atoms with van der Waals surface area (Å²) in [4.78, 5) is 11.6. The zero-order valence-corrected chi connectivity index (χ0v) is 11.4. The Bertz CT molecular complexity index is 502. The molecule has 0 saturated carbocycles. The molecule has 0 aromatic heterocycles. The molecule has 0 fully saturated rings. The molecule has 1 aromatic carbocycles. The summed E-state index contributed by atoms with van der Waals surface area (Å²) < 4.78 is 21.4. The summed E-state index contributed by atoms with van der Waals surface area (Å²) in [5.74, 6) is -0.649. The zero-order valence-electron chi connectivity index (χ0n) is 10.6. The van der Waals surface area contributed by atoms with Crippen molar-refractivity contribution in [1.82, 2.24) is 5.32 Å². The van der Waals surface area contributed by atoms with Crippen molar-refractivity contribution in [1.29, 1.82) is 0 Å². The maximum Gasteiger partial charge on any atom is 0.236 e. The highest BCUT2D eigenvalue weighted by atomic mass is 32.2. The van der Waals surface area contributed by atoms with E-state index in [1.54, 1.807) is 0 Å². The first-order chi connectivity index (χ1) is 8.88. The quantitative estimate of drug-likeness (QED) is 0.617. The second-order valence-electron chi connectivity index (χ2n) is 4.29. The van der Waals surface area contributed by atoms with Crippen molar-refractivity contribution in [3.63, 3.8) is 0 Å². The summed E-state index contributed by atoms with van der Waals surface area (Å²) in [5.41, 5.74) is 6.83. The third-order valence-corrected chi connectivity index (χ3v) is 3.38. The Morgan fingerprint density at radius 2 is 1.89 bits per heavy atom. The Morgan fingerprint density at radius 1 is 1.26 bits per heavy atom. The number of sulfonamides is 1. The van der Waals surface area contributed by atoms with E-state index in [2.05, 4.69) is 5.32 Å². The number of nitrogens with one attached hydrogen (secondary N) is 1. The van der Waals surface area contributed by atoms with E-state index in [0.29, 0.717) is 12.8 Å². The van der Waals surface area contributed by atoms with Crippen LogP contribution >= 0.6 is 0 Å². The SMILES string of the molecule is NC(CCc1ccccc1)C(=O)NCCS(N)(=O)=O. The molecule has 0 radical (unpaired) electrons. The second kappa shape index (κ2) is 7.22. The number of amides is 1. The topological polar surface area (TPSA) is 115 Å². The largest absolute Gasteiger partial charge is 0.354 e. The third-order valence-electron chi connectivity index (χ3n) is 2.61. The van der Waals surface area contributed by atoms with Gasteiger partial charge in [-0.1, -0.05) is 30.3 Å². The molecule has 19 heavy (non-hydrogen) atoms. The summed E-state index contributed by atoms with van der Waals surface area (Å²) in [6.45, 7) is -0.0172. The van der Waals surface area contributed by atoms with Crippen molar-refractivity contribution in [2.24, 2.45) is 10.9 Å². The van der Waals surface area contributed by atoms with Gasteiger partial charge >= 0.3 is 0 Å². The normalized spacial score (nSPS) is 12.9. The van der Waals surface area contributed by atoms with Crippen LogP contribution in [0.15, 0.2) is 30.3 Å². The fourth-order valence-electron chi connectivity index (χ4n) is 1.55. The van der Waals surface area contributed by atoms with Crippen LogP contribution < -0.4 is 16.2 Å². The van der Waals surface area contributed by atoms with Crippen LogP contribution in [-0.4, -0.2) is 32.7 Å². The van der Waals surface area contributed by atoms with E-state index < -0.39 is 16.1 Å². The van der Waals surface area contributed by atoms with E-state index >= 15 is 0 Å². The predicted octanol–water partition coefficient (Wildman–Crippen LogP) is -0.649. The molecule has 1 rings (SSSR count). The van der Waals surface area contributed by atoms with Crippen LogP contribution in [0, 0.1) is 0 Å². The van der Waals surface area contributed by atoms with Crippen LogP contribution in [-0.2, 0) is 21.2 Å². The Kier molecular flexibility index (Phi) is 5.94. The van der Waals surface area contributed by atoms with E-state index in [4.69, 9.17) is 10.9 Å². The first kappa shape index (κ1) is 15.6. The average molecular weight is 285 g/mol. The van der Waals surface area contributed by atoms with Crippen molar-refractivity contribution in [3.05, 3.63) is 35.9 Å². The molecule has 5 N–H and O–H groups in total. The minimum atomic E-state index is -3.56. The molecule has 0 heterocycles. The van der Waals surface area contributed by atoms with Crippen LogP contribution in [0.3, 0.4) is 0 Å². The van der Waals surface area contributed by atoms with Crippen LogP contribution in [0.25, 0.3) is 0 Å². The standard InChI is InChI=1S/C12H19N3O3S/c13-11(7-6-10-4-2-1-3-5-10)12(16)15-8-9-19(14,17)18/h1-5,11H,6-9,13H2,(H,15,16)(H2,14,17,18). The molecule has 0 aliphatic rings. The Balaban J connectivity index is 2.29. The second-order valence-corrected chi connectivity index (χ2v) is 6.02. The lowest BCUT2D eigenvalue weighted by Crippen LogP contribution is -2.43. The lowest BCUT2D eigenvalue weighted by Gasteiger charge is -2.11. The zero-order chi connectivity index (χ0) is 14.3. The van der Waals surface area contributed by atoms with Gasteiger partial charge in [-0.05, 0) is 18.4 Å². The van der Waals surface area contributed by atoms with Crippen LogP contribution in [0.1, 0.15) is 12.0 Å².